The summed E-state index contributed by atoms with van der Waals surface area (Å²) in [6.07, 6.45) is -0.119. The zero-order chi connectivity index (χ0) is 21.4. The molecule has 0 spiro atoms. The van der Waals surface area contributed by atoms with Gasteiger partial charge in [-0.25, -0.2) is 9.59 Å². The lowest BCUT2D eigenvalue weighted by Crippen LogP contribution is -2.32. The Morgan fingerprint density at radius 1 is 1.10 bits per heavy atom. The van der Waals surface area contributed by atoms with Crippen molar-refractivity contribution in [3.05, 3.63) is 51.7 Å². The molecule has 2 aromatic heterocycles. The number of ether oxygens (including phenoxy) is 1. The van der Waals surface area contributed by atoms with Crippen LogP contribution in [0.15, 0.2) is 44.9 Å². The smallest absolute Gasteiger partial charge is 0.367 e. The third-order valence-corrected chi connectivity index (χ3v) is 5.18. The summed E-state index contributed by atoms with van der Waals surface area (Å²) < 4.78 is 10.4. The largest absolute Gasteiger partial charge is 0.426 e. The number of benzene rings is 1. The highest BCUT2D eigenvalue weighted by Gasteiger charge is 2.34. The first kappa shape index (κ1) is 19.5. The van der Waals surface area contributed by atoms with Gasteiger partial charge >= 0.3 is 17.6 Å². The van der Waals surface area contributed by atoms with Gasteiger partial charge in [-0.15, -0.1) is 16.4 Å². The monoisotopic (exact) mass is 427 g/mol. The number of hydrogen-bond donors (Lipinski definition) is 0. The number of hydrogen-bond acceptors (Lipinski definition) is 9. The molecule has 2 amide bonds. The van der Waals surface area contributed by atoms with E-state index in [9.17, 15) is 24.0 Å². The quantitative estimate of drug-likeness (QED) is 0.270. The average molecular weight is 427 g/mol. The maximum atomic E-state index is 12.7. The molecule has 9 nitrogen and oxygen atoms in total. The summed E-state index contributed by atoms with van der Waals surface area (Å²) in [6.45, 7) is 1.13. The van der Waals surface area contributed by atoms with Gasteiger partial charge in [0.05, 0.1) is 5.56 Å². The van der Waals surface area contributed by atoms with Crippen molar-refractivity contribution in [2.24, 2.45) is 0 Å². The minimum Gasteiger partial charge on any atom is -0.426 e. The molecule has 0 N–H and O–H groups in total. The summed E-state index contributed by atoms with van der Waals surface area (Å²) in [4.78, 5) is 65.6. The lowest BCUT2D eigenvalue weighted by atomic mass is 10.1. The van der Waals surface area contributed by atoms with Crippen LogP contribution in [0.25, 0.3) is 21.4 Å². The fourth-order valence-electron chi connectivity index (χ4n) is 2.94. The van der Waals surface area contributed by atoms with Gasteiger partial charge in [-0.2, -0.15) is 0 Å². The standard InChI is InChI=1S/C20H13NO8S/c1-10(22)27-15-9-14-11(8-13(19(25)28-14)16-3-2-6-30-16)7-12(15)20(26)29-21-17(23)4-5-18(21)24/h2-3,6-9H,4-5H2,1H3. The van der Waals surface area contributed by atoms with Crippen molar-refractivity contribution in [3.8, 4) is 16.2 Å². The van der Waals surface area contributed by atoms with Crippen molar-refractivity contribution in [2.75, 3.05) is 0 Å². The Morgan fingerprint density at radius 3 is 2.47 bits per heavy atom. The minimum atomic E-state index is -1.07. The zero-order valence-electron chi connectivity index (χ0n) is 15.5. The van der Waals surface area contributed by atoms with Crippen LogP contribution in [-0.4, -0.2) is 28.8 Å². The molecular formula is C20H13NO8S. The van der Waals surface area contributed by atoms with E-state index in [0.29, 0.717) is 20.9 Å². The number of fused-ring (bicyclic) bond motifs is 1. The predicted octanol–water partition coefficient (Wildman–Crippen LogP) is 2.67. The summed E-state index contributed by atoms with van der Waals surface area (Å²) in [5, 5.41) is 2.56. The van der Waals surface area contributed by atoms with Crippen LogP contribution in [0.1, 0.15) is 30.1 Å². The molecule has 1 fully saturated rings. The van der Waals surface area contributed by atoms with Gasteiger partial charge < -0.3 is 14.0 Å². The molecule has 4 rings (SSSR count). The summed E-state index contributed by atoms with van der Waals surface area (Å²) in [7, 11) is 0. The van der Waals surface area contributed by atoms with Crippen LogP contribution in [0.5, 0.6) is 5.75 Å². The molecule has 0 aliphatic carbocycles. The van der Waals surface area contributed by atoms with E-state index in [1.54, 1.807) is 17.5 Å². The van der Waals surface area contributed by atoms with Crippen molar-refractivity contribution < 1.29 is 33.2 Å². The summed E-state index contributed by atoms with van der Waals surface area (Å²) in [5.41, 5.74) is -0.429. The number of rotatable bonds is 4. The molecule has 0 atom stereocenters. The van der Waals surface area contributed by atoms with Gasteiger partial charge in [-0.3, -0.25) is 14.4 Å². The van der Waals surface area contributed by atoms with E-state index in [1.165, 1.54) is 29.5 Å². The molecule has 1 aromatic carbocycles. The number of amides is 2. The first-order valence-corrected chi connectivity index (χ1v) is 9.64. The van der Waals surface area contributed by atoms with Crippen LogP contribution < -0.4 is 10.4 Å². The second-order valence-corrected chi connectivity index (χ2v) is 7.31. The maximum Gasteiger partial charge on any atom is 0.367 e. The van der Waals surface area contributed by atoms with E-state index >= 15 is 0 Å². The predicted molar refractivity (Wildman–Crippen MR) is 104 cm³/mol. The van der Waals surface area contributed by atoms with Crippen LogP contribution in [0, 0.1) is 0 Å². The molecule has 3 aromatic rings. The fourth-order valence-corrected chi connectivity index (χ4v) is 3.67. The fraction of sp³-hybridized carbons (Fsp3) is 0.150. The zero-order valence-corrected chi connectivity index (χ0v) is 16.3. The lowest BCUT2D eigenvalue weighted by molar-refractivity contribution is -0.172. The Bertz CT molecular complexity index is 1240. The van der Waals surface area contributed by atoms with Crippen LogP contribution in [0.2, 0.25) is 0 Å². The van der Waals surface area contributed by atoms with Gasteiger partial charge in [-0.1, -0.05) is 6.07 Å². The lowest BCUT2D eigenvalue weighted by Gasteiger charge is -2.14. The van der Waals surface area contributed by atoms with Crippen LogP contribution >= 0.6 is 11.3 Å². The molecule has 10 heteroatoms. The Morgan fingerprint density at radius 2 is 1.83 bits per heavy atom. The van der Waals surface area contributed by atoms with Gasteiger partial charge in [-0.05, 0) is 23.6 Å². The number of carbonyl (C=O) groups excluding carboxylic acids is 4. The average Bonchev–Trinajstić information content (AvgIpc) is 3.32. The highest BCUT2D eigenvalue weighted by atomic mass is 32.1. The number of thiophene rings is 1. The van der Waals surface area contributed by atoms with Crippen LogP contribution in [0.3, 0.4) is 0 Å². The SMILES string of the molecule is CC(=O)Oc1cc2oc(=O)c(-c3cccs3)cc2cc1C(=O)ON1C(=O)CCC1=O. The topological polar surface area (TPSA) is 120 Å². The van der Waals surface area contributed by atoms with Crippen molar-refractivity contribution >= 4 is 46.1 Å². The number of nitrogens with zero attached hydrogens (tertiary/aromatic N) is 1. The Balaban J connectivity index is 1.81. The number of imide groups is 1. The van der Waals surface area contributed by atoms with E-state index in [1.807, 2.05) is 0 Å². The molecular weight excluding hydrogens is 414 g/mol. The summed E-state index contributed by atoms with van der Waals surface area (Å²) in [6, 6.07) is 7.57. The third-order valence-electron chi connectivity index (χ3n) is 4.27. The van der Waals surface area contributed by atoms with Crippen molar-refractivity contribution in [1.82, 2.24) is 5.06 Å². The molecule has 0 bridgehead atoms. The third kappa shape index (κ3) is 3.60. The number of carbonyl (C=O) groups is 4. The molecule has 1 aliphatic rings. The highest BCUT2D eigenvalue weighted by Crippen LogP contribution is 2.30. The van der Waals surface area contributed by atoms with E-state index in [4.69, 9.17) is 14.0 Å². The first-order valence-electron chi connectivity index (χ1n) is 8.76. The second-order valence-electron chi connectivity index (χ2n) is 6.37. The molecule has 3 heterocycles. The molecule has 0 radical (unpaired) electrons. The van der Waals surface area contributed by atoms with Crippen molar-refractivity contribution in [1.29, 1.82) is 0 Å². The normalized spacial score (nSPS) is 13.7. The number of esters is 1. The molecule has 0 unspecified atom stereocenters. The van der Waals surface area contributed by atoms with Gasteiger partial charge in [0.1, 0.15) is 16.9 Å². The summed E-state index contributed by atoms with van der Waals surface area (Å²) >= 11 is 1.34. The maximum absolute atomic E-state index is 12.7. The van der Waals surface area contributed by atoms with E-state index in [0.717, 1.165) is 6.92 Å². The molecule has 1 saturated heterocycles. The number of hydroxylamine groups is 2. The molecule has 30 heavy (non-hydrogen) atoms. The van der Waals surface area contributed by atoms with Gasteiger partial charge in [0.15, 0.2) is 0 Å². The molecule has 0 saturated carbocycles. The van der Waals surface area contributed by atoms with Gasteiger partial charge in [0, 0.05) is 36.1 Å². The van der Waals surface area contributed by atoms with E-state index < -0.39 is 29.4 Å². The Labute approximate surface area is 172 Å². The second kappa shape index (κ2) is 7.56. The van der Waals surface area contributed by atoms with E-state index in [-0.39, 0.29) is 29.7 Å². The molecule has 1 aliphatic heterocycles. The van der Waals surface area contributed by atoms with Crippen molar-refractivity contribution in [2.45, 2.75) is 19.8 Å². The minimum absolute atomic E-state index is 0.0596. The van der Waals surface area contributed by atoms with Gasteiger partial charge in [0.25, 0.3) is 11.8 Å². The van der Waals surface area contributed by atoms with Crippen LogP contribution in [-0.2, 0) is 19.2 Å². The highest BCUT2D eigenvalue weighted by molar-refractivity contribution is 7.13. The Kier molecular flexibility index (Phi) is 4.92. The van der Waals surface area contributed by atoms with Crippen LogP contribution in [0.4, 0.5) is 0 Å². The van der Waals surface area contributed by atoms with Gasteiger partial charge in [0.2, 0.25) is 0 Å². The Hall–Kier alpha value is -3.79. The van der Waals surface area contributed by atoms with E-state index in [2.05, 4.69) is 0 Å². The summed E-state index contributed by atoms with van der Waals surface area (Å²) in [5.74, 6) is -3.32. The van der Waals surface area contributed by atoms with Crippen molar-refractivity contribution in [3.63, 3.8) is 0 Å². The first-order chi connectivity index (χ1) is 14.3. The molecule has 152 valence electrons.